The molecule has 0 radical (unpaired) electrons. The number of nitrogens with one attached hydrogen (secondary N) is 1. The van der Waals surface area contributed by atoms with Crippen molar-refractivity contribution in [1.82, 2.24) is 10.2 Å². The summed E-state index contributed by atoms with van der Waals surface area (Å²) in [7, 11) is 0. The lowest BCUT2D eigenvalue weighted by molar-refractivity contribution is 0.149. The van der Waals surface area contributed by atoms with E-state index in [1.165, 1.54) is 12.0 Å². The summed E-state index contributed by atoms with van der Waals surface area (Å²) in [6, 6.07) is 0.0389. The molecular formula is C15H28N2O. The predicted molar refractivity (Wildman–Crippen MR) is 76.3 cm³/mol. The maximum atomic E-state index is 12.1. The number of carbonyl (C=O) groups excluding carboxylic acids is 1. The van der Waals surface area contributed by atoms with Crippen LogP contribution in [0, 0.1) is 17.3 Å². The van der Waals surface area contributed by atoms with Gasteiger partial charge < -0.3 is 10.2 Å². The summed E-state index contributed by atoms with van der Waals surface area (Å²) in [6.07, 6.45) is 3.08. The Bertz CT molecular complexity index is 318. The Balaban J connectivity index is 2.56. The van der Waals surface area contributed by atoms with Crippen molar-refractivity contribution in [2.24, 2.45) is 17.3 Å². The van der Waals surface area contributed by atoms with Gasteiger partial charge in [-0.3, -0.25) is 0 Å². The van der Waals surface area contributed by atoms with E-state index in [0.29, 0.717) is 11.8 Å². The molecule has 0 aromatic rings. The number of nitrogens with zero attached hydrogens (tertiary/aromatic N) is 1. The van der Waals surface area contributed by atoms with Crippen LogP contribution in [0.4, 0.5) is 4.79 Å². The topological polar surface area (TPSA) is 32.3 Å². The van der Waals surface area contributed by atoms with E-state index in [2.05, 4.69) is 46.9 Å². The zero-order chi connectivity index (χ0) is 13.9. The van der Waals surface area contributed by atoms with Gasteiger partial charge in [-0.15, -0.1) is 0 Å². The van der Waals surface area contributed by atoms with Crippen LogP contribution in [0.5, 0.6) is 0 Å². The Morgan fingerprint density at radius 3 is 2.17 bits per heavy atom. The highest BCUT2D eigenvalue weighted by molar-refractivity contribution is 5.75. The number of hydrogen-bond acceptors (Lipinski definition) is 1. The molecule has 0 aromatic carbocycles. The minimum Gasteiger partial charge on any atom is -0.324 e. The van der Waals surface area contributed by atoms with Crippen molar-refractivity contribution in [3.8, 4) is 0 Å². The Morgan fingerprint density at radius 1 is 1.22 bits per heavy atom. The Morgan fingerprint density at radius 2 is 1.72 bits per heavy atom. The maximum Gasteiger partial charge on any atom is 0.321 e. The number of allylic oxidation sites excluding steroid dienone is 1. The lowest BCUT2D eigenvalue weighted by Crippen LogP contribution is -2.46. The Hall–Kier alpha value is -0.990. The number of likely N-dealkylation sites (tertiary alicyclic amines) is 1. The minimum absolute atomic E-state index is 0.0389. The van der Waals surface area contributed by atoms with E-state index in [1.807, 2.05) is 11.1 Å². The van der Waals surface area contributed by atoms with Crippen molar-refractivity contribution >= 4 is 6.03 Å². The molecule has 0 aromatic heterocycles. The molecule has 1 N–H and O–H groups in total. The van der Waals surface area contributed by atoms with Crippen LogP contribution in [0.3, 0.4) is 0 Å². The SMILES string of the molecule is C/C(=C\NC(=O)N1CC(C)CC(C)C1)C(C)(C)C. The first-order valence-corrected chi connectivity index (χ1v) is 6.93. The molecule has 1 rings (SSSR count). The summed E-state index contributed by atoms with van der Waals surface area (Å²) in [4.78, 5) is 14.0. The second-order valence-corrected chi connectivity index (χ2v) is 6.88. The van der Waals surface area contributed by atoms with Crippen molar-refractivity contribution in [2.75, 3.05) is 13.1 Å². The van der Waals surface area contributed by atoms with Gasteiger partial charge in [-0.2, -0.15) is 0 Å². The largest absolute Gasteiger partial charge is 0.324 e. The van der Waals surface area contributed by atoms with Gasteiger partial charge in [0.1, 0.15) is 0 Å². The van der Waals surface area contributed by atoms with Crippen LogP contribution in [-0.2, 0) is 0 Å². The van der Waals surface area contributed by atoms with E-state index in [4.69, 9.17) is 0 Å². The molecule has 0 saturated carbocycles. The van der Waals surface area contributed by atoms with Crippen LogP contribution in [0.15, 0.2) is 11.8 Å². The first-order chi connectivity index (χ1) is 8.20. The fourth-order valence-electron chi connectivity index (χ4n) is 2.31. The van der Waals surface area contributed by atoms with Gasteiger partial charge >= 0.3 is 6.03 Å². The molecule has 1 fully saturated rings. The van der Waals surface area contributed by atoms with E-state index in [1.54, 1.807) is 0 Å². The summed E-state index contributed by atoms with van der Waals surface area (Å²) in [5.41, 5.74) is 1.30. The molecule has 2 atom stereocenters. The van der Waals surface area contributed by atoms with Gasteiger partial charge in [-0.1, -0.05) is 40.2 Å². The zero-order valence-corrected chi connectivity index (χ0v) is 12.7. The normalized spacial score (nSPS) is 26.1. The molecule has 0 aliphatic carbocycles. The van der Waals surface area contributed by atoms with Crippen LogP contribution in [0.2, 0.25) is 0 Å². The molecule has 1 saturated heterocycles. The predicted octanol–water partition coefficient (Wildman–Crippen LogP) is 3.62. The second kappa shape index (κ2) is 5.77. The molecule has 18 heavy (non-hydrogen) atoms. The van der Waals surface area contributed by atoms with Crippen LogP contribution in [-0.4, -0.2) is 24.0 Å². The van der Waals surface area contributed by atoms with E-state index in [-0.39, 0.29) is 11.4 Å². The number of hydrogen-bond donors (Lipinski definition) is 1. The quantitative estimate of drug-likeness (QED) is 0.759. The molecule has 104 valence electrons. The van der Waals surface area contributed by atoms with Crippen LogP contribution < -0.4 is 5.32 Å². The molecule has 2 amide bonds. The minimum atomic E-state index is 0.0389. The highest BCUT2D eigenvalue weighted by atomic mass is 16.2. The number of rotatable bonds is 1. The molecule has 1 aliphatic heterocycles. The van der Waals surface area contributed by atoms with Gasteiger partial charge in [0.15, 0.2) is 0 Å². The molecule has 0 bridgehead atoms. The first-order valence-electron chi connectivity index (χ1n) is 6.93. The van der Waals surface area contributed by atoms with Crippen molar-refractivity contribution in [2.45, 2.75) is 48.0 Å². The molecule has 1 heterocycles. The highest BCUT2D eigenvalue weighted by Crippen LogP contribution is 2.24. The maximum absolute atomic E-state index is 12.1. The third kappa shape index (κ3) is 4.35. The standard InChI is InChI=1S/C15H28N2O/c1-11-7-12(2)10-17(9-11)14(18)16-8-13(3)15(4,5)6/h8,11-12H,7,9-10H2,1-6H3,(H,16,18)/b13-8+. The van der Waals surface area contributed by atoms with Gasteiger partial charge in [-0.05, 0) is 30.6 Å². The fourth-order valence-corrected chi connectivity index (χ4v) is 2.31. The highest BCUT2D eigenvalue weighted by Gasteiger charge is 2.25. The Labute approximate surface area is 112 Å². The number of piperidine rings is 1. The molecule has 0 spiro atoms. The zero-order valence-electron chi connectivity index (χ0n) is 12.7. The lowest BCUT2D eigenvalue weighted by Gasteiger charge is -2.34. The number of amides is 2. The second-order valence-electron chi connectivity index (χ2n) is 6.88. The first kappa shape index (κ1) is 15.1. The summed E-state index contributed by atoms with van der Waals surface area (Å²) in [5, 5.41) is 2.92. The summed E-state index contributed by atoms with van der Waals surface area (Å²) >= 11 is 0. The smallest absolute Gasteiger partial charge is 0.321 e. The van der Waals surface area contributed by atoms with Gasteiger partial charge in [-0.25, -0.2) is 4.79 Å². The van der Waals surface area contributed by atoms with Gasteiger partial charge in [0.05, 0.1) is 0 Å². The van der Waals surface area contributed by atoms with Crippen LogP contribution in [0.25, 0.3) is 0 Å². The summed E-state index contributed by atoms with van der Waals surface area (Å²) < 4.78 is 0. The van der Waals surface area contributed by atoms with Crippen LogP contribution >= 0.6 is 0 Å². The van der Waals surface area contributed by atoms with Crippen molar-refractivity contribution in [3.05, 3.63) is 11.8 Å². The molecule has 3 heteroatoms. The molecule has 1 aliphatic rings. The van der Waals surface area contributed by atoms with E-state index in [9.17, 15) is 4.79 Å². The average molecular weight is 252 g/mol. The molecule has 2 unspecified atom stereocenters. The van der Waals surface area contributed by atoms with E-state index in [0.717, 1.165) is 13.1 Å². The Kier molecular flexibility index (Phi) is 4.83. The average Bonchev–Trinajstić information content (AvgIpc) is 2.22. The third-order valence-corrected chi connectivity index (χ3v) is 3.75. The van der Waals surface area contributed by atoms with Crippen molar-refractivity contribution in [3.63, 3.8) is 0 Å². The third-order valence-electron chi connectivity index (χ3n) is 3.75. The summed E-state index contributed by atoms with van der Waals surface area (Å²) in [6.45, 7) is 14.7. The van der Waals surface area contributed by atoms with Crippen molar-refractivity contribution < 1.29 is 4.79 Å². The lowest BCUT2D eigenvalue weighted by atomic mass is 9.88. The monoisotopic (exact) mass is 252 g/mol. The van der Waals surface area contributed by atoms with Gasteiger partial charge in [0, 0.05) is 19.3 Å². The van der Waals surface area contributed by atoms with E-state index >= 15 is 0 Å². The van der Waals surface area contributed by atoms with E-state index < -0.39 is 0 Å². The molecule has 3 nitrogen and oxygen atoms in total. The van der Waals surface area contributed by atoms with Crippen LogP contribution in [0.1, 0.15) is 48.0 Å². The number of urea groups is 1. The fraction of sp³-hybridized carbons (Fsp3) is 0.800. The van der Waals surface area contributed by atoms with Gasteiger partial charge in [0.2, 0.25) is 0 Å². The van der Waals surface area contributed by atoms with Crippen molar-refractivity contribution in [1.29, 1.82) is 0 Å². The molecular weight excluding hydrogens is 224 g/mol. The summed E-state index contributed by atoms with van der Waals surface area (Å²) in [5.74, 6) is 1.21. The number of carbonyl (C=O) groups is 1. The van der Waals surface area contributed by atoms with Gasteiger partial charge in [0.25, 0.3) is 0 Å².